The van der Waals surface area contributed by atoms with Crippen molar-refractivity contribution in [2.45, 2.75) is 75.3 Å². The molecule has 4 atom stereocenters. The molecule has 0 unspecified atom stereocenters. The van der Waals surface area contributed by atoms with E-state index in [1.807, 2.05) is 0 Å². The van der Waals surface area contributed by atoms with E-state index in [4.69, 9.17) is 27.1 Å². The maximum absolute atomic E-state index is 13.6. The molecule has 1 aliphatic heterocycles. The van der Waals surface area contributed by atoms with Gasteiger partial charge in [0.05, 0.1) is 13.0 Å². The average Bonchev–Trinajstić information content (AvgIpc) is 3.03. The van der Waals surface area contributed by atoms with Crippen molar-refractivity contribution in [1.82, 2.24) is 26.6 Å². The Balaban J connectivity index is 0.00000161. The monoisotopic (exact) mass is 717 g/mol. The number of benzene rings is 1. The Hall–Kier alpha value is -5.47. The lowest BCUT2D eigenvalue weighted by molar-refractivity contribution is -0.192. The largest absolute Gasteiger partial charge is 0.490 e. The molecule has 0 bridgehead atoms. The fourth-order valence-electron chi connectivity index (χ4n) is 4.33. The molecule has 21 heteroatoms. The number of alkyl halides is 3. The van der Waals surface area contributed by atoms with Crippen LogP contribution < -0.4 is 43.8 Å². The first-order valence-electron chi connectivity index (χ1n) is 15.2. The van der Waals surface area contributed by atoms with Crippen molar-refractivity contribution in [1.29, 1.82) is 0 Å². The second kappa shape index (κ2) is 21.5. The van der Waals surface area contributed by atoms with Crippen molar-refractivity contribution in [3.63, 3.8) is 0 Å². The van der Waals surface area contributed by atoms with E-state index in [0.29, 0.717) is 31.4 Å². The number of carboxylic acids is 2. The molecule has 13 N–H and O–H groups in total. The number of nitrogens with one attached hydrogen (secondary N) is 5. The number of guanidine groups is 1. The van der Waals surface area contributed by atoms with Crippen LogP contribution >= 0.6 is 0 Å². The Labute approximate surface area is 284 Å². The van der Waals surface area contributed by atoms with E-state index in [-0.39, 0.29) is 31.8 Å². The van der Waals surface area contributed by atoms with Crippen molar-refractivity contribution >= 4 is 47.4 Å². The van der Waals surface area contributed by atoms with Crippen LogP contribution in [0.2, 0.25) is 0 Å². The highest BCUT2D eigenvalue weighted by Gasteiger charge is 2.38. The minimum Gasteiger partial charge on any atom is -0.481 e. The maximum atomic E-state index is 13.6. The molecule has 1 heterocycles. The third-order valence-corrected chi connectivity index (χ3v) is 6.77. The van der Waals surface area contributed by atoms with Crippen molar-refractivity contribution in [3.05, 3.63) is 35.9 Å². The summed E-state index contributed by atoms with van der Waals surface area (Å²) in [6, 6.07) is 3.75. The lowest BCUT2D eigenvalue weighted by Crippen LogP contribution is -2.58. The Kier molecular flexibility index (Phi) is 18.3. The number of rotatable bonds is 12. The second-order valence-electron chi connectivity index (χ2n) is 10.8. The minimum atomic E-state index is -5.08. The van der Waals surface area contributed by atoms with Crippen LogP contribution in [0.5, 0.6) is 0 Å². The molecule has 1 aliphatic rings. The van der Waals surface area contributed by atoms with E-state index in [0.717, 1.165) is 0 Å². The van der Waals surface area contributed by atoms with Crippen LogP contribution in [0.1, 0.15) is 44.1 Å². The molecular formula is C29H42F3N9O9. The van der Waals surface area contributed by atoms with Gasteiger partial charge in [0.15, 0.2) is 5.96 Å². The number of nitrogens with two attached hydrogens (primary N) is 3. The van der Waals surface area contributed by atoms with Crippen LogP contribution in [0.25, 0.3) is 0 Å². The fourth-order valence-corrected chi connectivity index (χ4v) is 4.33. The quantitative estimate of drug-likeness (QED) is 0.0614. The maximum Gasteiger partial charge on any atom is 0.490 e. The summed E-state index contributed by atoms with van der Waals surface area (Å²) in [7, 11) is 0. The van der Waals surface area contributed by atoms with Gasteiger partial charge in [-0.25, -0.2) is 4.79 Å². The van der Waals surface area contributed by atoms with Gasteiger partial charge in [0.2, 0.25) is 29.5 Å². The zero-order chi connectivity index (χ0) is 37.9. The van der Waals surface area contributed by atoms with Gasteiger partial charge in [-0.3, -0.25) is 33.8 Å². The number of hydrogen-bond donors (Lipinski definition) is 10. The summed E-state index contributed by atoms with van der Waals surface area (Å²) in [6.07, 6.45) is -4.23. The minimum absolute atomic E-state index is 0.0107. The van der Waals surface area contributed by atoms with Crippen molar-refractivity contribution < 1.29 is 56.9 Å². The van der Waals surface area contributed by atoms with Gasteiger partial charge in [-0.05, 0) is 44.2 Å². The number of carbonyl (C=O) groups excluding carboxylic acids is 5. The molecule has 18 nitrogen and oxygen atoms in total. The summed E-state index contributed by atoms with van der Waals surface area (Å²) in [6.45, 7) is -0.0746. The smallest absolute Gasteiger partial charge is 0.481 e. The number of aliphatic carboxylic acids is 2. The van der Waals surface area contributed by atoms with Crippen LogP contribution in [-0.4, -0.2) is 108 Å². The standard InChI is InChI=1S/C27H41N9O7.C2HF3O2/c28-11-5-4-9-18-24(41)34-17(10-6-12-31-27(29)30)23(40)32-15-21(37)33-20(14-22(38)39)26(43)36-19(25(42)35-18)13-16-7-2-1-3-8-16;3-2(4,5)1(6)7/h1-3,7-8,17-20H,4-6,9-15,28H2,(H,32,40)(H,33,37)(H,34,41)(H,35,42)(H,36,43)(H,38,39)(H4,29,30,31);(H,6,7)/t17-,18-,19-,20-;/m1./s1. The van der Waals surface area contributed by atoms with Gasteiger partial charge in [0.25, 0.3) is 0 Å². The Morgan fingerprint density at radius 1 is 0.780 bits per heavy atom. The number of carboxylic acid groups (broad SMARTS) is 2. The van der Waals surface area contributed by atoms with E-state index in [9.17, 15) is 47.0 Å². The number of hydrogen-bond acceptors (Lipinski definition) is 9. The molecular weight excluding hydrogens is 675 g/mol. The zero-order valence-electron chi connectivity index (χ0n) is 26.8. The van der Waals surface area contributed by atoms with Gasteiger partial charge in [-0.1, -0.05) is 30.3 Å². The van der Waals surface area contributed by atoms with Crippen molar-refractivity contribution in [3.8, 4) is 0 Å². The second-order valence-corrected chi connectivity index (χ2v) is 10.8. The number of aliphatic imine (C=N–C) groups is 1. The summed E-state index contributed by atoms with van der Waals surface area (Å²) in [5.41, 5.74) is 17.0. The molecule has 1 fully saturated rings. The van der Waals surface area contributed by atoms with E-state index >= 15 is 0 Å². The topological polar surface area (TPSA) is 311 Å². The Morgan fingerprint density at radius 2 is 1.30 bits per heavy atom. The predicted molar refractivity (Wildman–Crippen MR) is 170 cm³/mol. The molecule has 0 aromatic heterocycles. The summed E-state index contributed by atoms with van der Waals surface area (Å²) < 4.78 is 31.7. The van der Waals surface area contributed by atoms with E-state index in [1.165, 1.54) is 0 Å². The van der Waals surface area contributed by atoms with Crippen LogP contribution in [0, 0.1) is 0 Å². The van der Waals surface area contributed by atoms with E-state index in [2.05, 4.69) is 31.6 Å². The van der Waals surface area contributed by atoms with Crippen LogP contribution in [0.15, 0.2) is 35.3 Å². The van der Waals surface area contributed by atoms with Gasteiger partial charge in [0.1, 0.15) is 24.2 Å². The van der Waals surface area contributed by atoms with Gasteiger partial charge in [-0.15, -0.1) is 0 Å². The molecule has 278 valence electrons. The van der Waals surface area contributed by atoms with Gasteiger partial charge < -0.3 is 54.0 Å². The Bertz CT molecular complexity index is 1360. The molecule has 0 radical (unpaired) electrons. The molecule has 1 aromatic carbocycles. The lowest BCUT2D eigenvalue weighted by atomic mass is 10.0. The Morgan fingerprint density at radius 3 is 1.84 bits per heavy atom. The van der Waals surface area contributed by atoms with Crippen LogP contribution in [0.3, 0.4) is 0 Å². The number of unbranched alkanes of at least 4 members (excludes halogenated alkanes) is 1. The lowest BCUT2D eigenvalue weighted by Gasteiger charge is -2.26. The van der Waals surface area contributed by atoms with Crippen LogP contribution in [0.4, 0.5) is 13.2 Å². The summed E-state index contributed by atoms with van der Waals surface area (Å²) in [5, 5.41) is 29.0. The van der Waals surface area contributed by atoms with Crippen LogP contribution in [-0.2, 0) is 40.0 Å². The summed E-state index contributed by atoms with van der Waals surface area (Å²) in [4.78, 5) is 90.0. The molecule has 0 saturated carbocycles. The molecule has 0 spiro atoms. The average molecular weight is 718 g/mol. The highest BCUT2D eigenvalue weighted by atomic mass is 19.4. The fraction of sp³-hybridized carbons (Fsp3) is 0.517. The number of amides is 5. The first-order chi connectivity index (χ1) is 23.4. The summed E-state index contributed by atoms with van der Waals surface area (Å²) >= 11 is 0. The third-order valence-electron chi connectivity index (χ3n) is 6.77. The molecule has 5 amide bonds. The van der Waals surface area contributed by atoms with E-state index in [1.54, 1.807) is 30.3 Å². The summed E-state index contributed by atoms with van der Waals surface area (Å²) in [5.74, 6) is -8.12. The molecule has 2 rings (SSSR count). The highest BCUT2D eigenvalue weighted by Crippen LogP contribution is 2.13. The molecule has 0 aliphatic carbocycles. The van der Waals surface area contributed by atoms with Gasteiger partial charge >= 0.3 is 18.1 Å². The SMILES string of the molecule is NCCCC[C@H]1NC(=O)[C@@H](Cc2ccccc2)NC(=O)[C@@H](CC(=O)O)NC(=O)CNC(=O)[C@@H](CCCN=C(N)N)NC1=O.O=C(O)C(F)(F)F. The van der Waals surface area contributed by atoms with Gasteiger partial charge in [0, 0.05) is 13.0 Å². The highest BCUT2D eigenvalue weighted by molar-refractivity contribution is 5.98. The third kappa shape index (κ3) is 17.1. The number of halogens is 3. The van der Waals surface area contributed by atoms with Gasteiger partial charge in [-0.2, -0.15) is 13.2 Å². The normalized spacial score (nSPS) is 20.5. The van der Waals surface area contributed by atoms with Crippen molar-refractivity contribution in [2.24, 2.45) is 22.2 Å². The first-order valence-corrected chi connectivity index (χ1v) is 15.2. The first kappa shape index (κ1) is 42.6. The molecule has 1 saturated heterocycles. The number of carbonyl (C=O) groups is 7. The number of nitrogens with zero attached hydrogens (tertiary/aromatic N) is 1. The zero-order valence-corrected chi connectivity index (χ0v) is 26.8. The molecule has 50 heavy (non-hydrogen) atoms. The van der Waals surface area contributed by atoms with Crippen molar-refractivity contribution in [2.75, 3.05) is 19.6 Å². The predicted octanol–water partition coefficient (Wildman–Crippen LogP) is -2.41. The van der Waals surface area contributed by atoms with E-state index < -0.39 is 84.8 Å². The molecule has 1 aromatic rings.